The second-order valence-electron chi connectivity index (χ2n) is 6.73. The van der Waals surface area contributed by atoms with E-state index in [2.05, 4.69) is 10.6 Å². The van der Waals surface area contributed by atoms with Gasteiger partial charge in [0.05, 0.1) is 6.04 Å². The first kappa shape index (κ1) is 17.6. The summed E-state index contributed by atoms with van der Waals surface area (Å²) in [7, 11) is 1.85. The van der Waals surface area contributed by atoms with Crippen molar-refractivity contribution >= 4 is 34.3 Å². The minimum Gasteiger partial charge on any atom is -0.366 e. The molecular weight excluding hydrogens is 364 g/mol. The molecule has 0 aliphatic carbocycles. The molecule has 1 aromatic heterocycles. The Hall–Kier alpha value is -2.83. The Labute approximate surface area is 161 Å². The zero-order chi connectivity index (χ0) is 19.1. The van der Waals surface area contributed by atoms with Gasteiger partial charge in [-0.3, -0.25) is 9.59 Å². The molecule has 6 nitrogen and oxygen atoms in total. The van der Waals surface area contributed by atoms with Crippen molar-refractivity contribution in [3.8, 4) is 0 Å². The highest BCUT2D eigenvalue weighted by Crippen LogP contribution is 2.26. The zero-order valence-corrected chi connectivity index (χ0v) is 15.5. The van der Waals surface area contributed by atoms with Crippen molar-refractivity contribution in [2.75, 3.05) is 6.54 Å². The number of nitrogens with two attached hydrogens (primary N) is 1. The van der Waals surface area contributed by atoms with Crippen LogP contribution in [0.4, 0.5) is 0 Å². The number of benzene rings is 2. The zero-order valence-electron chi connectivity index (χ0n) is 14.8. The molecule has 27 heavy (non-hydrogen) atoms. The van der Waals surface area contributed by atoms with E-state index in [1.54, 1.807) is 12.1 Å². The third-order valence-electron chi connectivity index (χ3n) is 5.01. The topological polar surface area (TPSA) is 89.2 Å². The Balaban J connectivity index is 1.63. The summed E-state index contributed by atoms with van der Waals surface area (Å²) in [6.45, 7) is 1.25. The number of halogens is 1. The van der Waals surface area contributed by atoms with Crippen LogP contribution in [0.3, 0.4) is 0 Å². The van der Waals surface area contributed by atoms with E-state index in [0.717, 1.165) is 22.0 Å². The maximum atomic E-state index is 12.9. The maximum Gasteiger partial charge on any atom is 0.268 e. The monoisotopic (exact) mass is 382 g/mol. The molecule has 2 amide bonds. The van der Waals surface area contributed by atoms with Crippen LogP contribution >= 0.6 is 11.6 Å². The average Bonchev–Trinajstić information content (AvgIpc) is 2.98. The minimum atomic E-state index is -0.460. The molecule has 2 heterocycles. The molecule has 0 bridgehead atoms. The Morgan fingerprint density at radius 1 is 1.22 bits per heavy atom. The Morgan fingerprint density at radius 2 is 2.04 bits per heavy atom. The van der Waals surface area contributed by atoms with E-state index < -0.39 is 5.91 Å². The first-order chi connectivity index (χ1) is 12.9. The van der Waals surface area contributed by atoms with Gasteiger partial charge < -0.3 is 20.9 Å². The number of amides is 2. The van der Waals surface area contributed by atoms with Gasteiger partial charge in [0.2, 0.25) is 5.91 Å². The van der Waals surface area contributed by atoms with Gasteiger partial charge in [-0.1, -0.05) is 23.7 Å². The number of hydrogen-bond acceptors (Lipinski definition) is 3. The lowest BCUT2D eigenvalue weighted by molar-refractivity contribution is 0.0925. The van der Waals surface area contributed by atoms with Gasteiger partial charge in [0.15, 0.2) is 0 Å². The van der Waals surface area contributed by atoms with Crippen molar-refractivity contribution in [1.82, 2.24) is 15.2 Å². The molecule has 1 atom stereocenters. The van der Waals surface area contributed by atoms with Crippen molar-refractivity contribution in [3.63, 3.8) is 0 Å². The SMILES string of the molecule is Cn1c(C(=O)NC2CNCc3cc(C(N)=O)ccc32)cc2ccc(Cl)cc21. The smallest absolute Gasteiger partial charge is 0.268 e. The molecule has 0 saturated heterocycles. The summed E-state index contributed by atoms with van der Waals surface area (Å²) >= 11 is 6.07. The molecule has 3 aromatic rings. The van der Waals surface area contributed by atoms with Crippen LogP contribution in [0.1, 0.15) is 38.0 Å². The average molecular weight is 383 g/mol. The number of primary amides is 1. The largest absolute Gasteiger partial charge is 0.366 e. The van der Waals surface area contributed by atoms with E-state index in [9.17, 15) is 9.59 Å². The number of nitrogens with zero attached hydrogens (tertiary/aromatic N) is 1. The molecule has 4 rings (SSSR count). The summed E-state index contributed by atoms with van der Waals surface area (Å²) < 4.78 is 1.84. The van der Waals surface area contributed by atoms with Crippen LogP contribution in [-0.4, -0.2) is 22.9 Å². The van der Waals surface area contributed by atoms with Crippen LogP contribution in [0.2, 0.25) is 5.02 Å². The lowest BCUT2D eigenvalue weighted by Gasteiger charge is -2.27. The molecule has 0 saturated carbocycles. The van der Waals surface area contributed by atoms with Gasteiger partial charge in [0.25, 0.3) is 5.91 Å². The highest BCUT2D eigenvalue weighted by atomic mass is 35.5. The number of nitrogens with one attached hydrogen (secondary N) is 2. The molecule has 0 spiro atoms. The van der Waals surface area contributed by atoms with Crippen LogP contribution in [0.25, 0.3) is 10.9 Å². The second kappa shape index (κ2) is 6.72. The minimum absolute atomic E-state index is 0.163. The van der Waals surface area contributed by atoms with Gasteiger partial charge in [-0.05, 0) is 41.5 Å². The molecular formula is C20H19ClN4O2. The molecule has 0 fully saturated rings. The number of fused-ring (bicyclic) bond motifs is 2. The predicted octanol–water partition coefficient (Wildman–Crippen LogP) is 2.50. The molecule has 4 N–H and O–H groups in total. The first-order valence-electron chi connectivity index (χ1n) is 8.63. The third kappa shape index (κ3) is 3.18. The molecule has 0 radical (unpaired) electrons. The van der Waals surface area contributed by atoms with Gasteiger partial charge in [-0.15, -0.1) is 0 Å². The van der Waals surface area contributed by atoms with Crippen LogP contribution in [0.5, 0.6) is 0 Å². The number of aryl methyl sites for hydroxylation is 1. The van der Waals surface area contributed by atoms with E-state index in [-0.39, 0.29) is 11.9 Å². The van der Waals surface area contributed by atoms with Gasteiger partial charge in [0.1, 0.15) is 5.69 Å². The first-order valence-corrected chi connectivity index (χ1v) is 9.01. The summed E-state index contributed by atoms with van der Waals surface area (Å²) in [6, 6.07) is 12.6. The highest BCUT2D eigenvalue weighted by molar-refractivity contribution is 6.31. The Kier molecular flexibility index (Phi) is 4.37. The number of rotatable bonds is 3. The van der Waals surface area contributed by atoms with Gasteiger partial charge in [-0.25, -0.2) is 0 Å². The molecule has 1 aliphatic heterocycles. The van der Waals surface area contributed by atoms with Crippen molar-refractivity contribution in [2.45, 2.75) is 12.6 Å². The fourth-order valence-electron chi connectivity index (χ4n) is 3.60. The summed E-state index contributed by atoms with van der Waals surface area (Å²) in [5, 5.41) is 7.95. The number of carbonyl (C=O) groups is 2. The summed E-state index contributed by atoms with van der Waals surface area (Å²) in [5.74, 6) is -0.624. The van der Waals surface area contributed by atoms with Gasteiger partial charge in [0, 0.05) is 41.6 Å². The fourth-order valence-corrected chi connectivity index (χ4v) is 3.76. The molecule has 1 unspecified atom stereocenters. The third-order valence-corrected chi connectivity index (χ3v) is 5.25. The van der Waals surface area contributed by atoms with E-state index in [1.165, 1.54) is 0 Å². The second-order valence-corrected chi connectivity index (χ2v) is 7.16. The number of carbonyl (C=O) groups excluding carboxylic acids is 2. The predicted molar refractivity (Wildman–Crippen MR) is 105 cm³/mol. The molecule has 138 valence electrons. The normalized spacial score (nSPS) is 16.1. The van der Waals surface area contributed by atoms with Gasteiger partial charge >= 0.3 is 0 Å². The summed E-state index contributed by atoms with van der Waals surface area (Å²) in [4.78, 5) is 24.3. The van der Waals surface area contributed by atoms with E-state index in [1.807, 2.05) is 41.9 Å². The van der Waals surface area contributed by atoms with Crippen LogP contribution < -0.4 is 16.4 Å². The fraction of sp³-hybridized carbons (Fsp3) is 0.200. The molecule has 7 heteroatoms. The highest BCUT2D eigenvalue weighted by Gasteiger charge is 2.24. The van der Waals surface area contributed by atoms with Crippen molar-refractivity contribution in [2.24, 2.45) is 12.8 Å². The van der Waals surface area contributed by atoms with Crippen molar-refractivity contribution in [3.05, 3.63) is 69.9 Å². The Bertz CT molecular complexity index is 1070. The lowest BCUT2D eigenvalue weighted by atomic mass is 9.94. The van der Waals surface area contributed by atoms with E-state index in [4.69, 9.17) is 17.3 Å². The lowest BCUT2D eigenvalue weighted by Crippen LogP contribution is -2.40. The molecule has 1 aliphatic rings. The quantitative estimate of drug-likeness (QED) is 0.650. The van der Waals surface area contributed by atoms with Crippen LogP contribution in [-0.2, 0) is 13.6 Å². The van der Waals surface area contributed by atoms with Crippen LogP contribution in [0, 0.1) is 0 Å². The maximum absolute atomic E-state index is 12.9. The number of aromatic nitrogens is 1. The Morgan fingerprint density at radius 3 is 2.81 bits per heavy atom. The van der Waals surface area contributed by atoms with Crippen molar-refractivity contribution < 1.29 is 9.59 Å². The summed E-state index contributed by atoms with van der Waals surface area (Å²) in [5.41, 5.74) is 9.25. The van der Waals surface area contributed by atoms with E-state index in [0.29, 0.717) is 29.4 Å². The van der Waals surface area contributed by atoms with E-state index >= 15 is 0 Å². The van der Waals surface area contributed by atoms with Crippen molar-refractivity contribution in [1.29, 1.82) is 0 Å². The van der Waals surface area contributed by atoms with Gasteiger partial charge in [-0.2, -0.15) is 0 Å². The summed E-state index contributed by atoms with van der Waals surface area (Å²) in [6.07, 6.45) is 0. The molecule has 2 aromatic carbocycles. The number of hydrogen-bond donors (Lipinski definition) is 3. The van der Waals surface area contributed by atoms with Crippen LogP contribution in [0.15, 0.2) is 42.5 Å². The standard InChI is InChI=1S/C20H19ClN4O2/c1-25-17-8-14(21)4-2-11(17)7-18(25)20(27)24-16-10-23-9-13-6-12(19(22)26)3-5-15(13)16/h2-8,16,23H,9-10H2,1H3,(H2,22,26)(H,24,27).